The lowest BCUT2D eigenvalue weighted by atomic mass is 9.60. The number of anilines is 5. The minimum atomic E-state index is 0.0212. The highest BCUT2D eigenvalue weighted by Gasteiger charge is 2.42. The molecular formula is C68H67BN2OS. The van der Waals surface area contributed by atoms with Crippen LogP contribution < -0.4 is 21.3 Å². The van der Waals surface area contributed by atoms with Gasteiger partial charge < -0.3 is 14.6 Å². The van der Waals surface area contributed by atoms with E-state index in [2.05, 4.69) is 221 Å². The van der Waals surface area contributed by atoms with Gasteiger partial charge in [0.15, 0.2) is 0 Å². The van der Waals surface area contributed by atoms with Crippen LogP contribution >= 0.6 is 11.3 Å². The molecule has 5 heteroatoms. The zero-order chi connectivity index (χ0) is 50.7. The van der Waals surface area contributed by atoms with E-state index in [0.29, 0.717) is 7.28 Å². The predicted molar refractivity (Wildman–Crippen MR) is 318 cm³/mol. The van der Waals surface area contributed by atoms with E-state index >= 15 is 0 Å². The van der Waals surface area contributed by atoms with Crippen LogP contribution in [0.3, 0.4) is 0 Å². The first-order valence-electron chi connectivity index (χ1n) is 26.8. The van der Waals surface area contributed by atoms with Gasteiger partial charge in [0.1, 0.15) is 5.58 Å². The summed E-state index contributed by atoms with van der Waals surface area (Å²) in [6.07, 6.45) is 4.63. The lowest BCUT2D eigenvalue weighted by Crippen LogP contribution is -2.40. The Morgan fingerprint density at radius 2 is 1.12 bits per heavy atom. The average molecular weight is 971 g/mol. The summed E-state index contributed by atoms with van der Waals surface area (Å²) < 4.78 is 10.0. The molecule has 0 spiro atoms. The molecule has 0 fully saturated rings. The van der Waals surface area contributed by atoms with Crippen LogP contribution in [-0.2, 0) is 21.7 Å². The molecule has 2 aromatic heterocycles. The summed E-state index contributed by atoms with van der Waals surface area (Å²) in [6, 6.07) is 49.2. The number of benzene rings is 8. The maximum Gasteiger partial charge on any atom is 0.244 e. The number of hydrogen-bond donors (Lipinski definition) is 1. The Balaban J connectivity index is 1.14. The number of furan rings is 1. The number of nitrogens with zero attached hydrogens (tertiary/aromatic N) is 1. The molecule has 1 aliphatic heterocycles. The van der Waals surface area contributed by atoms with Crippen molar-refractivity contribution in [2.75, 3.05) is 10.2 Å². The van der Waals surface area contributed by atoms with Crippen molar-refractivity contribution in [2.45, 2.75) is 130 Å². The van der Waals surface area contributed by atoms with Gasteiger partial charge in [0, 0.05) is 53.9 Å². The van der Waals surface area contributed by atoms with Crippen molar-refractivity contribution in [3.8, 4) is 22.3 Å². The molecule has 0 unspecified atom stereocenters. The van der Waals surface area contributed by atoms with Gasteiger partial charge in [-0.15, -0.1) is 11.3 Å². The van der Waals surface area contributed by atoms with Crippen molar-refractivity contribution in [2.24, 2.45) is 0 Å². The highest BCUT2D eigenvalue weighted by Crippen LogP contribution is 2.54. The van der Waals surface area contributed by atoms with Crippen LogP contribution in [0.1, 0.15) is 126 Å². The Morgan fingerprint density at radius 3 is 1.82 bits per heavy atom. The van der Waals surface area contributed by atoms with Crippen molar-refractivity contribution in [1.82, 2.24) is 0 Å². The van der Waals surface area contributed by atoms with Gasteiger partial charge in [0.05, 0.1) is 11.3 Å². The quantitative estimate of drug-likeness (QED) is 0.174. The van der Waals surface area contributed by atoms with Crippen LogP contribution in [0.5, 0.6) is 0 Å². The third-order valence-corrected chi connectivity index (χ3v) is 19.1. The standard InChI is InChI=1S/C68H67BN2OS/c1-38-28-40(3)60(41(4)29-38)44-32-47(46-31-42-18-13-14-19-43(42)33-54(46)70-53-21-17-23-59-61(53)45-20-15-16-22-58(45)73-59)62-56(34-44)71(55-36-51-49(30-39(55)2)65(5,6)24-26-67(51,9)10)63-48-35-50-52(37-57(48)72-64(63)69-62)68(11,12)27-25-66(50,7)8/h13-23,28-37,69-70H,24-27H2,1-12H3. The molecule has 0 radical (unpaired) electrons. The summed E-state index contributed by atoms with van der Waals surface area (Å²) in [5.74, 6) is 0. The molecular weight excluding hydrogens is 904 g/mol. The summed E-state index contributed by atoms with van der Waals surface area (Å²) in [5, 5.41) is 10.3. The Labute approximate surface area is 436 Å². The molecule has 0 saturated heterocycles. The summed E-state index contributed by atoms with van der Waals surface area (Å²) in [5.41, 5.74) is 25.2. The lowest BCUT2D eigenvalue weighted by Gasteiger charge is -2.43. The first kappa shape index (κ1) is 46.2. The Hall–Kier alpha value is -6.56. The highest BCUT2D eigenvalue weighted by molar-refractivity contribution is 7.26. The molecule has 0 amide bonds. The maximum absolute atomic E-state index is 7.43. The number of rotatable bonds is 5. The molecule has 0 atom stereocenters. The molecule has 0 bridgehead atoms. The van der Waals surface area contributed by atoms with Crippen LogP contribution in [0, 0.1) is 27.7 Å². The normalized spacial score (nSPS) is 17.1. The van der Waals surface area contributed by atoms with Crippen molar-refractivity contribution >= 4 is 100 Å². The van der Waals surface area contributed by atoms with E-state index in [4.69, 9.17) is 4.42 Å². The molecule has 8 aromatic carbocycles. The van der Waals surface area contributed by atoms with E-state index < -0.39 is 0 Å². The van der Waals surface area contributed by atoms with Crippen LogP contribution in [0.4, 0.5) is 28.4 Å². The van der Waals surface area contributed by atoms with E-state index in [9.17, 15) is 0 Å². The van der Waals surface area contributed by atoms with Crippen molar-refractivity contribution in [3.63, 3.8) is 0 Å². The van der Waals surface area contributed by atoms with Crippen LogP contribution in [0.15, 0.2) is 132 Å². The Kier molecular flexibility index (Phi) is 10.1. The molecule has 3 aliphatic rings. The van der Waals surface area contributed by atoms with E-state index in [-0.39, 0.29) is 21.7 Å². The monoisotopic (exact) mass is 971 g/mol. The molecule has 73 heavy (non-hydrogen) atoms. The molecule has 2 aliphatic carbocycles. The van der Waals surface area contributed by atoms with E-state index in [0.717, 1.165) is 41.9 Å². The third-order valence-electron chi connectivity index (χ3n) is 18.0. The number of hydrogen-bond acceptors (Lipinski definition) is 4. The number of nitrogens with one attached hydrogen (secondary N) is 1. The first-order valence-corrected chi connectivity index (χ1v) is 27.6. The van der Waals surface area contributed by atoms with Gasteiger partial charge in [-0.2, -0.15) is 0 Å². The molecule has 1 N–H and O–H groups in total. The van der Waals surface area contributed by atoms with Crippen molar-refractivity contribution in [3.05, 3.63) is 172 Å². The Morgan fingerprint density at radius 1 is 0.521 bits per heavy atom. The molecule has 10 aromatic rings. The summed E-state index contributed by atoms with van der Waals surface area (Å²) >= 11 is 1.87. The largest absolute Gasteiger partial charge is 0.469 e. The summed E-state index contributed by atoms with van der Waals surface area (Å²) in [6.45, 7) is 28.8. The van der Waals surface area contributed by atoms with Gasteiger partial charge in [0.2, 0.25) is 7.28 Å². The number of aryl methyl sites for hydroxylation is 4. The van der Waals surface area contributed by atoms with Crippen LogP contribution in [0.25, 0.3) is 64.2 Å². The average Bonchev–Trinajstić information content (AvgIpc) is 3.91. The fourth-order valence-corrected chi connectivity index (χ4v) is 14.8. The van der Waals surface area contributed by atoms with Gasteiger partial charge in [-0.1, -0.05) is 128 Å². The van der Waals surface area contributed by atoms with Gasteiger partial charge in [-0.3, -0.25) is 0 Å². The second-order valence-electron chi connectivity index (χ2n) is 24.9. The third kappa shape index (κ3) is 7.19. The second-order valence-corrected chi connectivity index (χ2v) is 26.0. The fraction of sp³-hybridized carbons (Fsp3) is 0.294. The minimum absolute atomic E-state index is 0.0212. The van der Waals surface area contributed by atoms with E-state index in [1.54, 1.807) is 0 Å². The van der Waals surface area contributed by atoms with Gasteiger partial charge in [0.25, 0.3) is 0 Å². The van der Waals surface area contributed by atoms with Crippen molar-refractivity contribution in [1.29, 1.82) is 0 Å². The lowest BCUT2D eigenvalue weighted by molar-refractivity contribution is 0.332. The zero-order valence-electron chi connectivity index (χ0n) is 44.9. The van der Waals surface area contributed by atoms with E-state index in [1.807, 2.05) is 11.3 Å². The molecule has 3 nitrogen and oxygen atoms in total. The van der Waals surface area contributed by atoms with Gasteiger partial charge >= 0.3 is 0 Å². The van der Waals surface area contributed by atoms with E-state index in [1.165, 1.54) is 132 Å². The minimum Gasteiger partial charge on any atom is -0.469 e. The maximum atomic E-state index is 7.43. The fourth-order valence-electron chi connectivity index (χ4n) is 13.7. The van der Waals surface area contributed by atoms with Crippen LogP contribution in [-0.4, -0.2) is 7.28 Å². The zero-order valence-corrected chi connectivity index (χ0v) is 45.7. The summed E-state index contributed by atoms with van der Waals surface area (Å²) in [4.78, 5) is 2.67. The predicted octanol–water partition coefficient (Wildman–Crippen LogP) is 18.1. The summed E-state index contributed by atoms with van der Waals surface area (Å²) in [7, 11) is 0.661. The van der Waals surface area contributed by atoms with Crippen LogP contribution in [0.2, 0.25) is 0 Å². The Bertz CT molecular complexity index is 3970. The topological polar surface area (TPSA) is 28.4 Å². The number of thiophene rings is 1. The molecule has 3 heterocycles. The number of fused-ring (bicyclic) bond motifs is 10. The second kappa shape index (κ2) is 16.0. The van der Waals surface area contributed by atoms with Gasteiger partial charge in [-0.05, 0) is 208 Å². The SMILES string of the molecule is Cc1cc(C)c(-c2cc(-c3cc4ccccc4cc3Nc3cccc4sc5ccccc5c34)c3c(c2)N(c2cc4c(cc2C)C(C)(C)CCC4(C)C)c2c(oc4cc5c(cc24)C(C)(C)CCC5(C)C)B3)c(C)c1. The molecule has 364 valence electrons. The van der Waals surface area contributed by atoms with Gasteiger partial charge in [-0.25, -0.2) is 0 Å². The molecule has 0 saturated carbocycles. The smallest absolute Gasteiger partial charge is 0.244 e. The highest BCUT2D eigenvalue weighted by atomic mass is 32.1. The van der Waals surface area contributed by atoms with Crippen molar-refractivity contribution < 1.29 is 4.42 Å². The molecule has 13 rings (SSSR count). The first-order chi connectivity index (χ1) is 34.8.